The summed E-state index contributed by atoms with van der Waals surface area (Å²) in [5, 5.41) is 3.89. The third kappa shape index (κ3) is 9.42. The number of benzene rings is 3. The van der Waals surface area contributed by atoms with Gasteiger partial charge in [-0.25, -0.2) is 0 Å². The molecule has 0 aliphatic rings. The first-order valence-corrected chi connectivity index (χ1v) is 13.5. The van der Waals surface area contributed by atoms with Gasteiger partial charge in [-0.05, 0) is 48.2 Å². The average molecular weight is 542 g/mol. The van der Waals surface area contributed by atoms with E-state index in [0.29, 0.717) is 36.0 Å². The predicted octanol–water partition coefficient (Wildman–Crippen LogP) is 6.71. The van der Waals surface area contributed by atoms with Crippen LogP contribution in [0.3, 0.4) is 0 Å². The molecule has 0 aromatic heterocycles. The van der Waals surface area contributed by atoms with Crippen molar-refractivity contribution in [2.45, 2.75) is 51.6 Å². The molecular weight excluding hydrogens is 507 g/mol. The van der Waals surface area contributed by atoms with Gasteiger partial charge in [0.15, 0.2) is 0 Å². The van der Waals surface area contributed by atoms with Crippen molar-refractivity contribution in [2.24, 2.45) is 0 Å². The first-order chi connectivity index (χ1) is 18.0. The van der Waals surface area contributed by atoms with Gasteiger partial charge in [0.1, 0.15) is 11.8 Å². The average Bonchev–Trinajstić information content (AvgIpc) is 2.91. The third-order valence-electron chi connectivity index (χ3n) is 5.98. The summed E-state index contributed by atoms with van der Waals surface area (Å²) in [5.74, 6) is 0.487. The quantitative estimate of drug-likeness (QED) is 0.231. The van der Waals surface area contributed by atoms with Gasteiger partial charge < -0.3 is 15.0 Å². The van der Waals surface area contributed by atoms with Crippen LogP contribution in [0.25, 0.3) is 0 Å². The van der Waals surface area contributed by atoms with E-state index in [0.717, 1.165) is 29.7 Å². The molecule has 0 unspecified atom stereocenters. The number of ether oxygens (including phenoxy) is 1. The van der Waals surface area contributed by atoms with Gasteiger partial charge in [-0.1, -0.05) is 91.1 Å². The van der Waals surface area contributed by atoms with Crippen LogP contribution in [0.15, 0.2) is 78.9 Å². The van der Waals surface area contributed by atoms with Gasteiger partial charge in [0.05, 0.1) is 16.7 Å². The number of unbranched alkanes of at least 4 members (excludes halogenated alkanes) is 1. The lowest BCUT2D eigenvalue weighted by molar-refractivity contribution is -0.141. The van der Waals surface area contributed by atoms with Crippen molar-refractivity contribution in [3.8, 4) is 5.75 Å². The number of rotatable bonds is 14. The molecule has 0 radical (unpaired) electrons. The van der Waals surface area contributed by atoms with Crippen molar-refractivity contribution in [1.29, 1.82) is 0 Å². The van der Waals surface area contributed by atoms with Crippen LogP contribution in [0.4, 0.5) is 0 Å². The van der Waals surface area contributed by atoms with Crippen LogP contribution in [-0.4, -0.2) is 35.9 Å². The molecule has 37 heavy (non-hydrogen) atoms. The van der Waals surface area contributed by atoms with Gasteiger partial charge >= 0.3 is 0 Å². The zero-order valence-electron chi connectivity index (χ0n) is 21.2. The number of nitrogens with one attached hydrogen (secondary N) is 1. The molecule has 0 saturated carbocycles. The number of hydrogen-bond donors (Lipinski definition) is 1. The molecule has 3 aromatic rings. The predicted molar refractivity (Wildman–Crippen MR) is 150 cm³/mol. The Labute approximate surface area is 229 Å². The van der Waals surface area contributed by atoms with E-state index in [2.05, 4.69) is 12.2 Å². The second-order valence-electron chi connectivity index (χ2n) is 8.89. The number of hydrogen-bond acceptors (Lipinski definition) is 3. The van der Waals surface area contributed by atoms with Crippen molar-refractivity contribution in [2.75, 3.05) is 13.2 Å². The Hall–Kier alpha value is -3.02. The Morgan fingerprint density at radius 1 is 0.892 bits per heavy atom. The van der Waals surface area contributed by atoms with Crippen LogP contribution < -0.4 is 10.1 Å². The number of carbonyl (C=O) groups is 2. The summed E-state index contributed by atoms with van der Waals surface area (Å²) < 4.78 is 5.77. The second kappa shape index (κ2) is 15.3. The molecule has 0 aliphatic heterocycles. The highest BCUT2D eigenvalue weighted by atomic mass is 35.5. The smallest absolute Gasteiger partial charge is 0.243 e. The minimum Gasteiger partial charge on any atom is -0.494 e. The SMILES string of the molecule is CCCCNC(=O)[C@H](Cc1ccccc1)N(Cc1ccc(Cl)c(Cl)c1)C(=O)CCCOc1ccccc1. The molecule has 0 spiro atoms. The molecule has 5 nitrogen and oxygen atoms in total. The Morgan fingerprint density at radius 3 is 2.27 bits per heavy atom. The highest BCUT2D eigenvalue weighted by molar-refractivity contribution is 6.42. The van der Waals surface area contributed by atoms with Crippen LogP contribution in [0.2, 0.25) is 10.0 Å². The maximum atomic E-state index is 13.6. The molecule has 196 valence electrons. The molecule has 0 aliphatic carbocycles. The summed E-state index contributed by atoms with van der Waals surface area (Å²) in [7, 11) is 0. The monoisotopic (exact) mass is 540 g/mol. The molecule has 0 saturated heterocycles. The van der Waals surface area contributed by atoms with Gasteiger partial charge in [-0.15, -0.1) is 0 Å². The Balaban J connectivity index is 1.80. The number of halogens is 2. The number of amides is 2. The van der Waals surface area contributed by atoms with Crippen LogP contribution in [-0.2, 0) is 22.6 Å². The van der Waals surface area contributed by atoms with E-state index in [1.165, 1.54) is 0 Å². The van der Waals surface area contributed by atoms with E-state index in [9.17, 15) is 9.59 Å². The molecule has 7 heteroatoms. The zero-order chi connectivity index (χ0) is 26.5. The summed E-state index contributed by atoms with van der Waals surface area (Å²) in [6.45, 7) is 3.29. The third-order valence-corrected chi connectivity index (χ3v) is 6.72. The highest BCUT2D eigenvalue weighted by Crippen LogP contribution is 2.24. The Bertz CT molecular complexity index is 1130. The largest absolute Gasteiger partial charge is 0.494 e. The normalized spacial score (nSPS) is 11.5. The lowest BCUT2D eigenvalue weighted by Gasteiger charge is -2.32. The van der Waals surface area contributed by atoms with Gasteiger partial charge in [0.25, 0.3) is 0 Å². The summed E-state index contributed by atoms with van der Waals surface area (Å²) in [6, 6.07) is 23.9. The summed E-state index contributed by atoms with van der Waals surface area (Å²) >= 11 is 12.4. The fourth-order valence-corrected chi connectivity index (χ4v) is 4.29. The lowest BCUT2D eigenvalue weighted by atomic mass is 10.0. The Kier molecular flexibility index (Phi) is 11.8. The minimum absolute atomic E-state index is 0.116. The summed E-state index contributed by atoms with van der Waals surface area (Å²) in [5.41, 5.74) is 1.79. The molecule has 3 aromatic carbocycles. The van der Waals surface area contributed by atoms with Crippen molar-refractivity contribution >= 4 is 35.0 Å². The standard InChI is InChI=1S/C30H34Cl2N2O3/c1-2-3-18-33-30(36)28(21-23-11-6-4-7-12-23)34(22-24-16-17-26(31)27(32)20-24)29(35)15-10-19-37-25-13-8-5-9-14-25/h4-9,11-14,16-17,20,28H,2-3,10,15,18-19,21-22H2,1H3,(H,33,36)/t28-/m0/s1. The minimum atomic E-state index is -0.670. The highest BCUT2D eigenvalue weighted by Gasteiger charge is 2.30. The van der Waals surface area contributed by atoms with Crippen molar-refractivity contribution < 1.29 is 14.3 Å². The fraction of sp³-hybridized carbons (Fsp3) is 0.333. The van der Waals surface area contributed by atoms with E-state index in [1.54, 1.807) is 17.0 Å². The molecule has 1 atom stereocenters. The molecule has 0 heterocycles. The first kappa shape index (κ1) is 28.5. The van der Waals surface area contributed by atoms with E-state index < -0.39 is 6.04 Å². The molecule has 0 fully saturated rings. The van der Waals surface area contributed by atoms with Gasteiger partial charge in [-0.2, -0.15) is 0 Å². The second-order valence-corrected chi connectivity index (χ2v) is 9.70. The Morgan fingerprint density at radius 2 is 1.59 bits per heavy atom. The van der Waals surface area contributed by atoms with Crippen molar-refractivity contribution in [1.82, 2.24) is 10.2 Å². The molecular formula is C30H34Cl2N2O3. The van der Waals surface area contributed by atoms with Gasteiger partial charge in [0.2, 0.25) is 11.8 Å². The number of nitrogens with zero attached hydrogens (tertiary/aromatic N) is 1. The van der Waals surface area contributed by atoms with E-state index >= 15 is 0 Å². The number of carbonyl (C=O) groups excluding carboxylic acids is 2. The molecule has 3 rings (SSSR count). The topological polar surface area (TPSA) is 58.6 Å². The van der Waals surface area contributed by atoms with E-state index in [-0.39, 0.29) is 24.8 Å². The first-order valence-electron chi connectivity index (χ1n) is 12.7. The maximum absolute atomic E-state index is 13.6. The van der Waals surface area contributed by atoms with Crippen LogP contribution >= 0.6 is 23.2 Å². The van der Waals surface area contributed by atoms with Gasteiger partial charge in [-0.3, -0.25) is 9.59 Å². The molecule has 0 bridgehead atoms. The number of para-hydroxylation sites is 1. The zero-order valence-corrected chi connectivity index (χ0v) is 22.7. The molecule has 2 amide bonds. The molecule has 1 N–H and O–H groups in total. The van der Waals surface area contributed by atoms with Crippen LogP contribution in [0.1, 0.15) is 43.7 Å². The summed E-state index contributed by atoms with van der Waals surface area (Å²) in [4.78, 5) is 28.7. The van der Waals surface area contributed by atoms with Gasteiger partial charge in [0, 0.05) is 25.9 Å². The van der Waals surface area contributed by atoms with Crippen LogP contribution in [0, 0.1) is 0 Å². The van der Waals surface area contributed by atoms with Crippen molar-refractivity contribution in [3.63, 3.8) is 0 Å². The van der Waals surface area contributed by atoms with E-state index in [4.69, 9.17) is 27.9 Å². The lowest BCUT2D eigenvalue weighted by Crippen LogP contribution is -2.50. The maximum Gasteiger partial charge on any atom is 0.243 e. The fourth-order valence-electron chi connectivity index (χ4n) is 3.97. The van der Waals surface area contributed by atoms with Crippen LogP contribution in [0.5, 0.6) is 5.75 Å². The van der Waals surface area contributed by atoms with E-state index in [1.807, 2.05) is 66.7 Å². The summed E-state index contributed by atoms with van der Waals surface area (Å²) in [6.07, 6.45) is 3.04. The van der Waals surface area contributed by atoms with Crippen molar-refractivity contribution in [3.05, 3.63) is 100 Å².